The molecule has 27 heavy (non-hydrogen) atoms. The second-order valence-electron chi connectivity index (χ2n) is 6.84. The van der Waals surface area contributed by atoms with Crippen molar-refractivity contribution in [2.24, 2.45) is 5.92 Å². The third kappa shape index (κ3) is 3.88. The molecule has 146 valence electrons. The number of hydrogen-bond acceptors (Lipinski definition) is 4. The van der Waals surface area contributed by atoms with Crippen molar-refractivity contribution < 1.29 is 16.8 Å². The standard InChI is InChI=1S/C19H24N2O4S2/c1-16-12-14-21(15-13-16)27(24,25)19-11-7-6-10-18(19)26(22,23)20(2)17-8-4-3-5-9-17/h3-11,16H,12-15H2,1-2H3. The lowest BCUT2D eigenvalue weighted by atomic mass is 10.0. The van der Waals surface area contributed by atoms with Crippen LogP contribution in [-0.4, -0.2) is 41.3 Å². The molecule has 0 amide bonds. The number of nitrogens with zero attached hydrogens (tertiary/aromatic N) is 2. The van der Waals surface area contributed by atoms with Crippen LogP contribution in [0.3, 0.4) is 0 Å². The molecule has 1 aliphatic rings. The van der Waals surface area contributed by atoms with Crippen LogP contribution < -0.4 is 4.31 Å². The van der Waals surface area contributed by atoms with Crippen LogP contribution in [-0.2, 0) is 20.0 Å². The highest BCUT2D eigenvalue weighted by molar-refractivity contribution is 7.94. The van der Waals surface area contributed by atoms with Crippen LogP contribution in [0.1, 0.15) is 19.8 Å². The van der Waals surface area contributed by atoms with E-state index in [2.05, 4.69) is 6.92 Å². The van der Waals surface area contributed by atoms with Gasteiger partial charge in [-0.25, -0.2) is 16.8 Å². The Hall–Kier alpha value is -1.90. The minimum absolute atomic E-state index is 0.165. The van der Waals surface area contributed by atoms with E-state index in [0.29, 0.717) is 24.7 Å². The largest absolute Gasteiger partial charge is 0.269 e. The molecule has 2 aromatic rings. The van der Waals surface area contributed by atoms with Gasteiger partial charge in [-0.1, -0.05) is 37.3 Å². The van der Waals surface area contributed by atoms with E-state index in [1.807, 2.05) is 0 Å². The fourth-order valence-corrected chi connectivity index (χ4v) is 6.61. The number of anilines is 1. The molecule has 1 fully saturated rings. The van der Waals surface area contributed by atoms with Crippen molar-refractivity contribution in [3.63, 3.8) is 0 Å². The summed E-state index contributed by atoms with van der Waals surface area (Å²) >= 11 is 0. The van der Waals surface area contributed by atoms with E-state index in [9.17, 15) is 16.8 Å². The van der Waals surface area contributed by atoms with Gasteiger partial charge in [0.2, 0.25) is 10.0 Å². The highest BCUT2D eigenvalue weighted by Gasteiger charge is 2.34. The molecule has 0 atom stereocenters. The van der Waals surface area contributed by atoms with Crippen LogP contribution >= 0.6 is 0 Å². The fourth-order valence-electron chi connectivity index (χ4n) is 3.16. The van der Waals surface area contributed by atoms with E-state index >= 15 is 0 Å². The van der Waals surface area contributed by atoms with E-state index in [1.165, 1.54) is 23.5 Å². The summed E-state index contributed by atoms with van der Waals surface area (Å²) in [5.41, 5.74) is 0.469. The Morgan fingerprint density at radius 1 is 0.852 bits per heavy atom. The van der Waals surface area contributed by atoms with Gasteiger partial charge in [0.25, 0.3) is 10.0 Å². The minimum atomic E-state index is -4.03. The van der Waals surface area contributed by atoms with Crippen LogP contribution in [0.4, 0.5) is 5.69 Å². The van der Waals surface area contributed by atoms with E-state index in [0.717, 1.165) is 17.1 Å². The van der Waals surface area contributed by atoms with E-state index in [1.54, 1.807) is 42.5 Å². The molecule has 0 radical (unpaired) electrons. The predicted molar refractivity (Wildman–Crippen MR) is 106 cm³/mol. The summed E-state index contributed by atoms with van der Waals surface area (Å²) in [7, 11) is -6.49. The maximum atomic E-state index is 13.2. The summed E-state index contributed by atoms with van der Waals surface area (Å²) < 4.78 is 55.2. The maximum Gasteiger partial charge on any atom is 0.265 e. The molecule has 2 aromatic carbocycles. The molecule has 0 bridgehead atoms. The normalized spacial score (nSPS) is 17.0. The third-order valence-electron chi connectivity index (χ3n) is 4.97. The van der Waals surface area contributed by atoms with Crippen LogP contribution in [0.15, 0.2) is 64.4 Å². The SMILES string of the molecule is CC1CCN(S(=O)(=O)c2ccccc2S(=O)(=O)N(C)c2ccccc2)CC1. The minimum Gasteiger partial charge on any atom is -0.269 e. The lowest BCUT2D eigenvalue weighted by Gasteiger charge is -2.30. The molecule has 0 aliphatic carbocycles. The summed E-state index contributed by atoms with van der Waals surface area (Å²) in [5.74, 6) is 0.472. The van der Waals surface area contributed by atoms with Gasteiger partial charge >= 0.3 is 0 Å². The quantitative estimate of drug-likeness (QED) is 0.762. The zero-order chi connectivity index (χ0) is 19.7. The molecule has 0 unspecified atom stereocenters. The van der Waals surface area contributed by atoms with Crippen molar-refractivity contribution in [2.45, 2.75) is 29.6 Å². The van der Waals surface area contributed by atoms with E-state index in [4.69, 9.17) is 0 Å². The summed E-state index contributed by atoms with van der Waals surface area (Å²) in [6.45, 7) is 2.91. The highest BCUT2D eigenvalue weighted by Crippen LogP contribution is 2.30. The lowest BCUT2D eigenvalue weighted by Crippen LogP contribution is -2.39. The first-order valence-electron chi connectivity index (χ1n) is 8.88. The first-order valence-corrected chi connectivity index (χ1v) is 11.8. The average molecular weight is 409 g/mol. The Bertz CT molecular complexity index is 997. The highest BCUT2D eigenvalue weighted by atomic mass is 32.2. The van der Waals surface area contributed by atoms with E-state index in [-0.39, 0.29) is 9.79 Å². The second-order valence-corrected chi connectivity index (χ2v) is 10.7. The van der Waals surface area contributed by atoms with Gasteiger partial charge in [-0.2, -0.15) is 4.31 Å². The van der Waals surface area contributed by atoms with Crippen molar-refractivity contribution in [3.05, 3.63) is 54.6 Å². The van der Waals surface area contributed by atoms with E-state index < -0.39 is 20.0 Å². The Balaban J connectivity index is 2.03. The molecule has 8 heteroatoms. The van der Waals surface area contributed by atoms with Crippen molar-refractivity contribution in [1.82, 2.24) is 4.31 Å². The molecule has 1 aliphatic heterocycles. The maximum absolute atomic E-state index is 13.2. The summed E-state index contributed by atoms with van der Waals surface area (Å²) in [6.07, 6.45) is 1.55. The smallest absolute Gasteiger partial charge is 0.265 e. The molecular formula is C19H24N2O4S2. The summed E-state index contributed by atoms with van der Waals surface area (Å²) in [6, 6.07) is 14.4. The van der Waals surface area contributed by atoms with Crippen LogP contribution in [0.25, 0.3) is 0 Å². The van der Waals surface area contributed by atoms with Crippen molar-refractivity contribution in [1.29, 1.82) is 0 Å². The molecule has 0 N–H and O–H groups in total. The van der Waals surface area contributed by atoms with Gasteiger partial charge in [-0.3, -0.25) is 4.31 Å². The number of piperidine rings is 1. The topological polar surface area (TPSA) is 74.8 Å². The summed E-state index contributed by atoms with van der Waals surface area (Å²) in [4.78, 5) is -0.364. The molecule has 1 saturated heterocycles. The number of sulfonamides is 2. The zero-order valence-electron chi connectivity index (χ0n) is 15.4. The molecule has 0 aromatic heterocycles. The Morgan fingerprint density at radius 2 is 1.37 bits per heavy atom. The monoisotopic (exact) mass is 408 g/mol. The molecule has 0 spiro atoms. The van der Waals surface area contributed by atoms with Crippen molar-refractivity contribution in [2.75, 3.05) is 24.4 Å². The molecule has 0 saturated carbocycles. The van der Waals surface area contributed by atoms with Crippen molar-refractivity contribution >= 4 is 25.7 Å². The zero-order valence-corrected chi connectivity index (χ0v) is 17.1. The average Bonchev–Trinajstić information content (AvgIpc) is 2.68. The molecule has 1 heterocycles. The fraction of sp³-hybridized carbons (Fsp3) is 0.368. The third-order valence-corrected chi connectivity index (χ3v) is 8.90. The number of rotatable bonds is 5. The summed E-state index contributed by atoms with van der Waals surface area (Å²) in [5, 5.41) is 0. The first-order chi connectivity index (χ1) is 12.7. The lowest BCUT2D eigenvalue weighted by molar-refractivity contribution is 0.287. The van der Waals surface area contributed by atoms with Gasteiger partial charge in [-0.05, 0) is 43.0 Å². The van der Waals surface area contributed by atoms with Gasteiger partial charge in [0.15, 0.2) is 0 Å². The van der Waals surface area contributed by atoms with Gasteiger partial charge < -0.3 is 0 Å². The Kier molecular flexibility index (Phi) is 5.60. The van der Waals surface area contributed by atoms with Gasteiger partial charge in [-0.15, -0.1) is 0 Å². The number of benzene rings is 2. The Labute approximate surface area is 161 Å². The van der Waals surface area contributed by atoms with Gasteiger partial charge in [0.1, 0.15) is 9.79 Å². The van der Waals surface area contributed by atoms with Crippen LogP contribution in [0.2, 0.25) is 0 Å². The first kappa shape index (κ1) is 19.9. The molecular weight excluding hydrogens is 384 g/mol. The van der Waals surface area contributed by atoms with Gasteiger partial charge in [0.05, 0.1) is 5.69 Å². The number of hydrogen-bond donors (Lipinski definition) is 0. The molecule has 3 rings (SSSR count). The van der Waals surface area contributed by atoms with Gasteiger partial charge in [0, 0.05) is 20.1 Å². The second kappa shape index (κ2) is 7.61. The van der Waals surface area contributed by atoms with Crippen molar-refractivity contribution in [3.8, 4) is 0 Å². The van der Waals surface area contributed by atoms with Crippen LogP contribution in [0, 0.1) is 5.92 Å². The molecule has 6 nitrogen and oxygen atoms in total. The Morgan fingerprint density at radius 3 is 1.96 bits per heavy atom. The number of para-hydroxylation sites is 1. The van der Waals surface area contributed by atoms with Crippen LogP contribution in [0.5, 0.6) is 0 Å². The predicted octanol–water partition coefficient (Wildman–Crippen LogP) is 2.93.